The first-order valence-corrected chi connectivity index (χ1v) is 6.37. The quantitative estimate of drug-likeness (QED) is 0.650. The lowest BCUT2D eigenvalue weighted by molar-refractivity contribution is 0.431. The molecule has 100 valence electrons. The summed E-state index contributed by atoms with van der Waals surface area (Å²) in [6.07, 6.45) is 0. The van der Waals surface area contributed by atoms with E-state index in [1.54, 1.807) is 24.3 Å². The molecule has 5 heteroatoms. The van der Waals surface area contributed by atoms with E-state index in [1.165, 1.54) is 6.07 Å². The van der Waals surface area contributed by atoms with E-state index in [-0.39, 0.29) is 16.9 Å². The second-order valence-corrected chi connectivity index (χ2v) is 4.69. The van der Waals surface area contributed by atoms with E-state index in [0.717, 1.165) is 5.56 Å². The van der Waals surface area contributed by atoms with Crippen molar-refractivity contribution in [2.75, 3.05) is 0 Å². The van der Waals surface area contributed by atoms with Gasteiger partial charge in [0.25, 0.3) is 0 Å². The predicted octanol–water partition coefficient (Wildman–Crippen LogP) is 4.52. The average Bonchev–Trinajstić information content (AvgIpc) is 2.43. The number of nitrogens with zero attached hydrogens (tertiary/aromatic N) is 2. The van der Waals surface area contributed by atoms with Gasteiger partial charge in [-0.1, -0.05) is 18.2 Å². The second-order valence-electron chi connectivity index (χ2n) is 4.35. The number of fused-ring (bicyclic) bond motifs is 1. The molecule has 0 spiro atoms. The highest BCUT2D eigenvalue weighted by molar-refractivity contribution is 6.28. The number of hydrogen-bond donors (Lipinski definition) is 0. The third-order valence-corrected chi connectivity index (χ3v) is 3.00. The highest BCUT2D eigenvalue weighted by Crippen LogP contribution is 2.30. The maximum absolute atomic E-state index is 13.8. The van der Waals surface area contributed by atoms with Crippen molar-refractivity contribution in [3.8, 4) is 11.6 Å². The van der Waals surface area contributed by atoms with Crippen LogP contribution in [-0.2, 0) is 0 Å². The molecular weight excluding hydrogens is 279 g/mol. The number of benzene rings is 2. The van der Waals surface area contributed by atoms with Crippen molar-refractivity contribution in [3.63, 3.8) is 0 Å². The summed E-state index contributed by atoms with van der Waals surface area (Å²) in [7, 11) is 0. The maximum Gasteiger partial charge on any atom is 0.231 e. The normalized spacial score (nSPS) is 10.8. The molecule has 0 unspecified atom stereocenters. The third kappa shape index (κ3) is 2.42. The lowest BCUT2D eigenvalue weighted by Crippen LogP contribution is -1.95. The van der Waals surface area contributed by atoms with Crippen LogP contribution in [0.25, 0.3) is 10.9 Å². The Bertz CT molecular complexity index is 792. The Hall–Kier alpha value is -2.20. The van der Waals surface area contributed by atoms with E-state index in [2.05, 4.69) is 9.97 Å². The topological polar surface area (TPSA) is 35.0 Å². The summed E-state index contributed by atoms with van der Waals surface area (Å²) < 4.78 is 19.3. The summed E-state index contributed by atoms with van der Waals surface area (Å²) in [6, 6.07) is 11.9. The van der Waals surface area contributed by atoms with E-state index in [0.29, 0.717) is 10.9 Å². The molecule has 3 nitrogen and oxygen atoms in total. The fourth-order valence-electron chi connectivity index (χ4n) is 1.89. The molecule has 20 heavy (non-hydrogen) atoms. The first-order chi connectivity index (χ1) is 9.63. The van der Waals surface area contributed by atoms with Gasteiger partial charge in [0.1, 0.15) is 0 Å². The van der Waals surface area contributed by atoms with Crippen molar-refractivity contribution in [2.24, 2.45) is 0 Å². The minimum atomic E-state index is -0.450. The molecule has 1 heterocycles. The molecule has 0 fully saturated rings. The number of aryl methyl sites for hydroxylation is 1. The van der Waals surface area contributed by atoms with Gasteiger partial charge in [0, 0.05) is 0 Å². The smallest absolute Gasteiger partial charge is 0.231 e. The molecule has 3 aromatic rings. The Labute approximate surface area is 120 Å². The van der Waals surface area contributed by atoms with Crippen molar-refractivity contribution in [1.29, 1.82) is 0 Å². The van der Waals surface area contributed by atoms with E-state index in [1.807, 2.05) is 19.1 Å². The van der Waals surface area contributed by atoms with Crippen molar-refractivity contribution < 1.29 is 9.13 Å². The average molecular weight is 289 g/mol. The van der Waals surface area contributed by atoms with Gasteiger partial charge in [-0.25, -0.2) is 9.37 Å². The molecule has 0 aliphatic rings. The second kappa shape index (κ2) is 5.06. The zero-order valence-electron chi connectivity index (χ0n) is 10.6. The standard InChI is InChI=1S/C15H10ClFN2O/c1-9-6-7-11(17)13(8-9)20-14-10-4-2-3-5-12(10)18-15(16)19-14/h2-8H,1H3. The summed E-state index contributed by atoms with van der Waals surface area (Å²) in [5, 5.41) is 0.740. The summed E-state index contributed by atoms with van der Waals surface area (Å²) in [4.78, 5) is 8.13. The van der Waals surface area contributed by atoms with Crippen LogP contribution < -0.4 is 4.74 Å². The number of ether oxygens (including phenoxy) is 1. The van der Waals surface area contributed by atoms with Crippen LogP contribution in [0, 0.1) is 12.7 Å². The van der Waals surface area contributed by atoms with E-state index >= 15 is 0 Å². The van der Waals surface area contributed by atoms with Crippen LogP contribution in [0.3, 0.4) is 0 Å². The monoisotopic (exact) mass is 288 g/mol. The molecular formula is C15H10ClFN2O. The number of rotatable bonds is 2. The van der Waals surface area contributed by atoms with Gasteiger partial charge in [0.05, 0.1) is 10.9 Å². The van der Waals surface area contributed by atoms with Crippen LogP contribution in [-0.4, -0.2) is 9.97 Å². The van der Waals surface area contributed by atoms with Gasteiger partial charge in [-0.05, 0) is 48.4 Å². The number of halogens is 2. The Balaban J connectivity index is 2.13. The van der Waals surface area contributed by atoms with Gasteiger partial charge in [-0.2, -0.15) is 4.98 Å². The molecule has 1 aromatic heterocycles. The molecule has 0 radical (unpaired) electrons. The van der Waals surface area contributed by atoms with Crippen LogP contribution in [0.5, 0.6) is 11.6 Å². The Kier molecular flexibility index (Phi) is 3.24. The largest absolute Gasteiger partial charge is 0.435 e. The van der Waals surface area contributed by atoms with Crippen LogP contribution in [0.2, 0.25) is 5.28 Å². The SMILES string of the molecule is Cc1ccc(F)c(Oc2nc(Cl)nc3ccccc23)c1. The van der Waals surface area contributed by atoms with Crippen molar-refractivity contribution >= 4 is 22.5 Å². The van der Waals surface area contributed by atoms with E-state index in [9.17, 15) is 4.39 Å². The number of aromatic nitrogens is 2. The summed E-state index contributed by atoms with van der Waals surface area (Å²) >= 11 is 5.87. The molecule has 0 bridgehead atoms. The fraction of sp³-hybridized carbons (Fsp3) is 0.0667. The number of hydrogen-bond acceptors (Lipinski definition) is 3. The van der Waals surface area contributed by atoms with E-state index < -0.39 is 5.82 Å². The highest BCUT2D eigenvalue weighted by atomic mass is 35.5. The zero-order valence-corrected chi connectivity index (χ0v) is 11.4. The highest BCUT2D eigenvalue weighted by Gasteiger charge is 2.11. The maximum atomic E-state index is 13.8. The molecule has 0 atom stereocenters. The summed E-state index contributed by atoms with van der Waals surface area (Å²) in [5.41, 5.74) is 1.54. The molecule has 2 aromatic carbocycles. The molecule has 3 rings (SSSR count). The number of para-hydroxylation sites is 1. The van der Waals surface area contributed by atoms with Gasteiger partial charge in [-0.15, -0.1) is 0 Å². The van der Waals surface area contributed by atoms with Gasteiger partial charge >= 0.3 is 0 Å². The van der Waals surface area contributed by atoms with Gasteiger partial charge < -0.3 is 4.74 Å². The molecule has 0 aliphatic heterocycles. The van der Waals surface area contributed by atoms with Gasteiger partial charge in [0.2, 0.25) is 11.2 Å². The first kappa shape index (κ1) is 12.8. The van der Waals surface area contributed by atoms with Gasteiger partial charge in [-0.3, -0.25) is 0 Å². The Morgan fingerprint density at radius 1 is 1.10 bits per heavy atom. The van der Waals surface area contributed by atoms with Crippen molar-refractivity contribution in [1.82, 2.24) is 9.97 Å². The van der Waals surface area contributed by atoms with Crippen molar-refractivity contribution in [2.45, 2.75) is 6.92 Å². The van der Waals surface area contributed by atoms with Crippen LogP contribution in [0.15, 0.2) is 42.5 Å². The van der Waals surface area contributed by atoms with Crippen LogP contribution >= 0.6 is 11.6 Å². The summed E-state index contributed by atoms with van der Waals surface area (Å²) in [6.45, 7) is 1.86. The molecule has 0 aliphatic carbocycles. The summed E-state index contributed by atoms with van der Waals surface area (Å²) in [5.74, 6) is -0.0931. The molecule has 0 saturated carbocycles. The minimum Gasteiger partial charge on any atom is -0.435 e. The van der Waals surface area contributed by atoms with Crippen molar-refractivity contribution in [3.05, 3.63) is 59.1 Å². The minimum absolute atomic E-state index is 0.0618. The molecule has 0 N–H and O–H groups in total. The van der Waals surface area contributed by atoms with E-state index in [4.69, 9.17) is 16.3 Å². The Morgan fingerprint density at radius 2 is 1.90 bits per heavy atom. The molecule has 0 saturated heterocycles. The predicted molar refractivity (Wildman–Crippen MR) is 75.8 cm³/mol. The van der Waals surface area contributed by atoms with Gasteiger partial charge in [0.15, 0.2) is 11.6 Å². The lowest BCUT2D eigenvalue weighted by atomic mass is 10.2. The molecule has 0 amide bonds. The van der Waals surface area contributed by atoms with Crippen LogP contribution in [0.1, 0.15) is 5.56 Å². The zero-order chi connectivity index (χ0) is 14.1. The first-order valence-electron chi connectivity index (χ1n) is 6.00. The third-order valence-electron chi connectivity index (χ3n) is 2.83. The fourth-order valence-corrected chi connectivity index (χ4v) is 2.06. The lowest BCUT2D eigenvalue weighted by Gasteiger charge is -2.09. The Morgan fingerprint density at radius 3 is 2.75 bits per heavy atom. The van der Waals surface area contributed by atoms with Crippen LogP contribution in [0.4, 0.5) is 4.39 Å².